The van der Waals surface area contributed by atoms with Crippen LogP contribution in [0.1, 0.15) is 55.3 Å². The minimum atomic E-state index is -0.00465. The Kier molecular flexibility index (Phi) is 5.04. The summed E-state index contributed by atoms with van der Waals surface area (Å²) < 4.78 is 0. The minimum absolute atomic E-state index is 0.00465. The Labute approximate surface area is 173 Å². The zero-order valence-corrected chi connectivity index (χ0v) is 17.4. The molecule has 2 aliphatic heterocycles. The van der Waals surface area contributed by atoms with Gasteiger partial charge in [0.15, 0.2) is 0 Å². The monoisotopic (exact) mass is 401 g/mol. The number of carbonyl (C=O) groups is 1. The van der Waals surface area contributed by atoms with Crippen molar-refractivity contribution in [2.45, 2.75) is 44.9 Å². The predicted octanol–water partition coefficient (Wildman–Crippen LogP) is 4.09. The largest absolute Gasteiger partial charge is 0.371 e. The molecule has 2 bridgehead atoms. The van der Waals surface area contributed by atoms with Crippen LogP contribution in [0.5, 0.6) is 0 Å². The van der Waals surface area contributed by atoms with Crippen LogP contribution < -0.4 is 15.5 Å². The van der Waals surface area contributed by atoms with Crippen LogP contribution in [0, 0.1) is 23.2 Å². The van der Waals surface area contributed by atoms with Gasteiger partial charge in [0.2, 0.25) is 0 Å². The molecule has 0 radical (unpaired) electrons. The Hall–Kier alpha value is -1.26. The maximum absolute atomic E-state index is 13.0. The second-order valence-electron chi connectivity index (χ2n) is 9.78. The molecule has 4 aliphatic rings. The van der Waals surface area contributed by atoms with Crippen LogP contribution in [0.3, 0.4) is 0 Å². The number of amides is 1. The van der Waals surface area contributed by atoms with Crippen LogP contribution in [0.15, 0.2) is 18.2 Å². The van der Waals surface area contributed by atoms with Crippen LogP contribution in [-0.2, 0) is 0 Å². The second kappa shape index (κ2) is 7.53. The van der Waals surface area contributed by atoms with Crippen molar-refractivity contribution in [1.29, 1.82) is 0 Å². The number of rotatable bonds is 4. The third-order valence-corrected chi connectivity index (χ3v) is 8.26. The van der Waals surface area contributed by atoms with Gasteiger partial charge in [0.1, 0.15) is 0 Å². The molecule has 4 nitrogen and oxygen atoms in total. The zero-order chi connectivity index (χ0) is 19.1. The Morgan fingerprint density at radius 1 is 1.18 bits per heavy atom. The van der Waals surface area contributed by atoms with Crippen molar-refractivity contribution in [2.75, 3.05) is 37.6 Å². The number of benzene rings is 1. The fourth-order valence-electron chi connectivity index (χ4n) is 6.38. The predicted molar refractivity (Wildman–Crippen MR) is 114 cm³/mol. The minimum Gasteiger partial charge on any atom is -0.371 e. The summed E-state index contributed by atoms with van der Waals surface area (Å²) in [6.07, 6.45) is 9.25. The molecule has 4 fully saturated rings. The molecule has 2 atom stereocenters. The van der Waals surface area contributed by atoms with Gasteiger partial charge < -0.3 is 15.5 Å². The molecule has 152 valence electrons. The first-order valence-corrected chi connectivity index (χ1v) is 11.5. The van der Waals surface area contributed by atoms with Gasteiger partial charge in [-0.3, -0.25) is 4.79 Å². The maximum Gasteiger partial charge on any atom is 0.252 e. The topological polar surface area (TPSA) is 44.4 Å². The summed E-state index contributed by atoms with van der Waals surface area (Å²) >= 11 is 6.43. The van der Waals surface area contributed by atoms with E-state index in [4.69, 9.17) is 11.6 Å². The number of hydrogen-bond donors (Lipinski definition) is 2. The molecule has 0 aromatic heterocycles. The van der Waals surface area contributed by atoms with E-state index in [-0.39, 0.29) is 5.91 Å². The summed E-state index contributed by atoms with van der Waals surface area (Å²) in [4.78, 5) is 15.4. The van der Waals surface area contributed by atoms with E-state index < -0.39 is 0 Å². The van der Waals surface area contributed by atoms with Crippen molar-refractivity contribution in [2.24, 2.45) is 23.2 Å². The van der Waals surface area contributed by atoms with Crippen LogP contribution in [0.2, 0.25) is 5.02 Å². The van der Waals surface area contributed by atoms with Gasteiger partial charge in [0, 0.05) is 38.4 Å². The quantitative estimate of drug-likeness (QED) is 0.798. The van der Waals surface area contributed by atoms with E-state index in [1.54, 1.807) is 0 Å². The summed E-state index contributed by atoms with van der Waals surface area (Å²) in [6.45, 7) is 5.19. The highest BCUT2D eigenvalue weighted by Gasteiger charge is 2.39. The number of nitrogens with zero attached hydrogens (tertiary/aromatic N) is 1. The lowest BCUT2D eigenvalue weighted by atomic mass is 9.62. The van der Waals surface area contributed by atoms with Gasteiger partial charge in [-0.25, -0.2) is 0 Å². The lowest BCUT2D eigenvalue weighted by Crippen LogP contribution is -2.43. The van der Waals surface area contributed by atoms with Crippen molar-refractivity contribution in [3.05, 3.63) is 28.8 Å². The Bertz CT molecular complexity index is 729. The van der Waals surface area contributed by atoms with Crippen molar-refractivity contribution in [1.82, 2.24) is 10.6 Å². The maximum atomic E-state index is 13.0. The van der Waals surface area contributed by atoms with Crippen LogP contribution in [0.25, 0.3) is 0 Å². The van der Waals surface area contributed by atoms with E-state index in [2.05, 4.69) is 21.6 Å². The second-order valence-corrected chi connectivity index (χ2v) is 10.2. The van der Waals surface area contributed by atoms with E-state index in [0.29, 0.717) is 16.0 Å². The third-order valence-electron chi connectivity index (χ3n) is 7.93. The van der Waals surface area contributed by atoms with E-state index in [9.17, 15) is 4.79 Å². The number of fused-ring (bicyclic) bond motifs is 3. The summed E-state index contributed by atoms with van der Waals surface area (Å²) in [5.41, 5.74) is 2.10. The molecular weight excluding hydrogens is 370 g/mol. The normalized spacial score (nSPS) is 34.3. The van der Waals surface area contributed by atoms with Gasteiger partial charge in [-0.05, 0) is 60.6 Å². The first-order chi connectivity index (χ1) is 13.6. The van der Waals surface area contributed by atoms with Gasteiger partial charge >= 0.3 is 0 Å². The SMILES string of the molecule is O=C(NCC12CCCC(CCC1)C2)c1cc(N2CC3CNCC3C2)ccc1Cl. The molecule has 2 saturated carbocycles. The highest BCUT2D eigenvalue weighted by Crippen LogP contribution is 2.48. The molecule has 1 aromatic carbocycles. The van der Waals surface area contributed by atoms with E-state index in [1.807, 2.05) is 12.1 Å². The molecule has 5 rings (SSSR count). The lowest BCUT2D eigenvalue weighted by Gasteiger charge is -2.45. The van der Waals surface area contributed by atoms with Gasteiger partial charge in [0.25, 0.3) is 5.91 Å². The molecule has 28 heavy (non-hydrogen) atoms. The first-order valence-electron chi connectivity index (χ1n) is 11.2. The summed E-state index contributed by atoms with van der Waals surface area (Å²) in [6, 6.07) is 5.97. The number of nitrogens with one attached hydrogen (secondary N) is 2. The third kappa shape index (κ3) is 3.54. The van der Waals surface area contributed by atoms with Gasteiger partial charge in [-0.1, -0.05) is 37.3 Å². The number of anilines is 1. The smallest absolute Gasteiger partial charge is 0.252 e. The summed E-state index contributed by atoms with van der Waals surface area (Å²) in [7, 11) is 0. The van der Waals surface area contributed by atoms with Crippen LogP contribution in [-0.4, -0.2) is 38.6 Å². The molecular formula is C23H32ClN3O. The molecule has 1 aromatic rings. The molecule has 2 N–H and O–H groups in total. The summed E-state index contributed by atoms with van der Waals surface area (Å²) in [5, 5.41) is 7.31. The van der Waals surface area contributed by atoms with E-state index in [0.717, 1.165) is 56.2 Å². The Balaban J connectivity index is 1.27. The summed E-state index contributed by atoms with van der Waals surface area (Å²) in [5.74, 6) is 2.35. The highest BCUT2D eigenvalue weighted by atomic mass is 35.5. The standard InChI is InChI=1S/C23H32ClN3O/c24-21-6-5-19(27-13-17-11-25-12-18(17)14-27)9-20(21)22(28)26-15-23-7-1-3-16(10-23)4-2-8-23/h5-6,9,16-18,25H,1-4,7-8,10-15H2,(H,26,28). The molecule has 0 spiro atoms. The van der Waals surface area contributed by atoms with Crippen molar-refractivity contribution >= 4 is 23.2 Å². The van der Waals surface area contributed by atoms with Gasteiger partial charge in [0.05, 0.1) is 10.6 Å². The average Bonchev–Trinajstić information content (AvgIpc) is 3.29. The zero-order valence-electron chi connectivity index (χ0n) is 16.7. The van der Waals surface area contributed by atoms with Gasteiger partial charge in [-0.15, -0.1) is 0 Å². The number of carbonyl (C=O) groups excluding carboxylic acids is 1. The Morgan fingerprint density at radius 2 is 1.89 bits per heavy atom. The Morgan fingerprint density at radius 3 is 2.61 bits per heavy atom. The van der Waals surface area contributed by atoms with E-state index >= 15 is 0 Å². The van der Waals surface area contributed by atoms with Gasteiger partial charge in [-0.2, -0.15) is 0 Å². The highest BCUT2D eigenvalue weighted by molar-refractivity contribution is 6.34. The first kappa shape index (κ1) is 18.7. The van der Waals surface area contributed by atoms with Crippen LogP contribution >= 0.6 is 11.6 Å². The molecule has 2 heterocycles. The molecule has 2 aliphatic carbocycles. The fourth-order valence-corrected chi connectivity index (χ4v) is 6.59. The molecule has 2 unspecified atom stereocenters. The average molecular weight is 402 g/mol. The molecule has 1 amide bonds. The van der Waals surface area contributed by atoms with E-state index in [1.165, 1.54) is 44.9 Å². The lowest BCUT2D eigenvalue weighted by molar-refractivity contribution is 0.0682. The fraction of sp³-hybridized carbons (Fsp3) is 0.696. The molecule has 2 saturated heterocycles. The van der Waals surface area contributed by atoms with Crippen molar-refractivity contribution < 1.29 is 4.79 Å². The van der Waals surface area contributed by atoms with Crippen molar-refractivity contribution in [3.63, 3.8) is 0 Å². The number of hydrogen-bond acceptors (Lipinski definition) is 3. The number of halogens is 1. The molecule has 5 heteroatoms. The van der Waals surface area contributed by atoms with Crippen molar-refractivity contribution in [3.8, 4) is 0 Å². The van der Waals surface area contributed by atoms with Crippen LogP contribution in [0.4, 0.5) is 5.69 Å².